The largest absolute Gasteiger partial charge is 0.466 e. The van der Waals surface area contributed by atoms with Crippen LogP contribution in [0.15, 0.2) is 24.3 Å². The lowest BCUT2D eigenvalue weighted by Gasteiger charge is -2.20. The van der Waals surface area contributed by atoms with Crippen LogP contribution in [0.5, 0.6) is 0 Å². The third kappa shape index (κ3) is 51.7. The molecule has 0 saturated heterocycles. The predicted octanol–water partition coefficient (Wildman–Crippen LogP) is 18.2. The number of carbonyl (C=O) groups is 2. The van der Waals surface area contributed by atoms with Crippen molar-refractivity contribution in [3.63, 3.8) is 0 Å². The van der Waals surface area contributed by atoms with Gasteiger partial charge in [-0.15, -0.1) is 0 Å². The first-order valence-electron chi connectivity index (χ1n) is 29.6. The van der Waals surface area contributed by atoms with E-state index < -0.39 is 12.1 Å². The molecule has 2 unspecified atom stereocenters. The number of aliphatic hydroxyl groups excluding tert-OH is 2. The second kappa shape index (κ2) is 55.9. The first kappa shape index (κ1) is 64.3. The fourth-order valence-corrected chi connectivity index (χ4v) is 9.16. The van der Waals surface area contributed by atoms with E-state index in [1.165, 1.54) is 257 Å². The molecule has 0 aliphatic rings. The maximum atomic E-state index is 12.4. The lowest BCUT2D eigenvalue weighted by Crippen LogP contribution is -2.45. The van der Waals surface area contributed by atoms with Crippen molar-refractivity contribution in [2.45, 2.75) is 334 Å². The predicted molar refractivity (Wildman–Crippen MR) is 287 cm³/mol. The maximum Gasteiger partial charge on any atom is 0.305 e. The zero-order chi connectivity index (χ0) is 47.9. The average molecular weight is 931 g/mol. The second-order valence-corrected chi connectivity index (χ2v) is 20.3. The highest BCUT2D eigenvalue weighted by Crippen LogP contribution is 2.17. The Morgan fingerprint density at radius 2 is 0.712 bits per heavy atom. The molecule has 0 aromatic heterocycles. The van der Waals surface area contributed by atoms with Gasteiger partial charge in [-0.05, 0) is 57.8 Å². The normalized spacial score (nSPS) is 12.7. The van der Waals surface area contributed by atoms with Crippen LogP contribution in [0.2, 0.25) is 0 Å². The van der Waals surface area contributed by atoms with Crippen molar-refractivity contribution in [1.82, 2.24) is 5.32 Å². The fourth-order valence-electron chi connectivity index (χ4n) is 9.16. The minimum absolute atomic E-state index is 0.0118. The van der Waals surface area contributed by atoms with Crippen molar-refractivity contribution in [2.24, 2.45) is 0 Å². The van der Waals surface area contributed by atoms with Crippen LogP contribution in [0.4, 0.5) is 0 Å². The summed E-state index contributed by atoms with van der Waals surface area (Å²) in [5.41, 5.74) is 0. The van der Waals surface area contributed by atoms with Crippen LogP contribution in [-0.2, 0) is 14.3 Å². The molecule has 0 radical (unpaired) electrons. The average Bonchev–Trinajstić information content (AvgIpc) is 3.32. The maximum absolute atomic E-state index is 12.4. The molecule has 0 aliphatic carbocycles. The van der Waals surface area contributed by atoms with Crippen molar-refractivity contribution < 1.29 is 24.5 Å². The van der Waals surface area contributed by atoms with E-state index in [0.29, 0.717) is 19.4 Å². The van der Waals surface area contributed by atoms with Crippen LogP contribution >= 0.6 is 0 Å². The summed E-state index contributed by atoms with van der Waals surface area (Å²) in [6.45, 7) is 4.91. The quantitative estimate of drug-likeness (QED) is 0.0321. The standard InChI is InChI=1S/C60H115NO5/c1-3-5-7-9-11-13-15-16-29-33-36-40-44-48-52-58(63)57(56-62)61-59(64)53-49-45-41-37-34-30-27-25-23-21-19-17-18-20-22-24-26-28-31-35-39-43-47-51-55-66-60(65)54-50-46-42-38-32-14-12-10-8-6-4-2/h19,21,48,52,57-58,62-63H,3-18,20,22-47,49-51,53-56H2,1-2H3,(H,61,64)/b21-19-,52-48+. The first-order valence-corrected chi connectivity index (χ1v) is 29.6. The third-order valence-electron chi connectivity index (χ3n) is 13.7. The number of carbonyl (C=O) groups excluding carboxylic acids is 2. The molecule has 0 rings (SSSR count). The lowest BCUT2D eigenvalue weighted by atomic mass is 10.0. The molecule has 0 aliphatic heterocycles. The van der Waals surface area contributed by atoms with Gasteiger partial charge in [-0.2, -0.15) is 0 Å². The summed E-state index contributed by atoms with van der Waals surface area (Å²) in [6.07, 6.45) is 67.8. The summed E-state index contributed by atoms with van der Waals surface area (Å²) in [7, 11) is 0. The molecule has 2 atom stereocenters. The van der Waals surface area contributed by atoms with Gasteiger partial charge in [0.2, 0.25) is 5.91 Å². The zero-order valence-corrected chi connectivity index (χ0v) is 44.4. The van der Waals surface area contributed by atoms with Crippen LogP contribution in [0, 0.1) is 0 Å². The first-order chi connectivity index (χ1) is 32.5. The Morgan fingerprint density at radius 1 is 0.409 bits per heavy atom. The molecule has 390 valence electrons. The highest BCUT2D eigenvalue weighted by atomic mass is 16.5. The van der Waals surface area contributed by atoms with Crippen LogP contribution in [0.3, 0.4) is 0 Å². The Labute approximate surface area is 411 Å². The molecular weight excluding hydrogens is 815 g/mol. The van der Waals surface area contributed by atoms with Gasteiger partial charge in [0.05, 0.1) is 25.4 Å². The van der Waals surface area contributed by atoms with Crippen molar-refractivity contribution in [2.75, 3.05) is 13.2 Å². The molecule has 0 spiro atoms. The van der Waals surface area contributed by atoms with E-state index in [1.807, 2.05) is 6.08 Å². The van der Waals surface area contributed by atoms with Gasteiger partial charge in [0.1, 0.15) is 0 Å². The molecule has 0 saturated carbocycles. The molecule has 0 bridgehead atoms. The van der Waals surface area contributed by atoms with Gasteiger partial charge < -0.3 is 20.3 Å². The van der Waals surface area contributed by atoms with E-state index in [2.05, 4.69) is 31.3 Å². The van der Waals surface area contributed by atoms with Gasteiger partial charge in [-0.1, -0.05) is 276 Å². The van der Waals surface area contributed by atoms with E-state index in [4.69, 9.17) is 4.74 Å². The number of amides is 1. The van der Waals surface area contributed by atoms with E-state index >= 15 is 0 Å². The number of esters is 1. The summed E-state index contributed by atoms with van der Waals surface area (Å²) in [5.74, 6) is -0.0598. The number of nitrogens with one attached hydrogen (secondary N) is 1. The lowest BCUT2D eigenvalue weighted by molar-refractivity contribution is -0.143. The molecule has 3 N–H and O–H groups in total. The zero-order valence-electron chi connectivity index (χ0n) is 44.4. The summed E-state index contributed by atoms with van der Waals surface area (Å²) in [5, 5.41) is 23.1. The molecule has 0 heterocycles. The van der Waals surface area contributed by atoms with Crippen molar-refractivity contribution >= 4 is 11.9 Å². The number of unbranched alkanes of at least 4 members (excludes halogenated alkanes) is 42. The summed E-state index contributed by atoms with van der Waals surface area (Å²) in [6, 6.07) is -0.630. The number of hydrogen-bond acceptors (Lipinski definition) is 5. The molecular formula is C60H115NO5. The number of allylic oxidation sites excluding steroid dienone is 3. The minimum Gasteiger partial charge on any atom is -0.466 e. The Hall–Kier alpha value is -1.66. The smallest absolute Gasteiger partial charge is 0.305 e. The Kier molecular flexibility index (Phi) is 54.5. The molecule has 6 heteroatoms. The summed E-state index contributed by atoms with van der Waals surface area (Å²) >= 11 is 0. The van der Waals surface area contributed by atoms with E-state index in [-0.39, 0.29) is 18.5 Å². The van der Waals surface area contributed by atoms with Gasteiger partial charge in [0.25, 0.3) is 0 Å². The Bertz CT molecular complexity index is 1030. The molecule has 0 fully saturated rings. The van der Waals surface area contributed by atoms with Crippen molar-refractivity contribution in [1.29, 1.82) is 0 Å². The highest BCUT2D eigenvalue weighted by molar-refractivity contribution is 5.76. The Morgan fingerprint density at radius 3 is 1.08 bits per heavy atom. The van der Waals surface area contributed by atoms with Crippen LogP contribution < -0.4 is 5.32 Å². The van der Waals surface area contributed by atoms with Crippen molar-refractivity contribution in [3.05, 3.63) is 24.3 Å². The topological polar surface area (TPSA) is 95.9 Å². The monoisotopic (exact) mass is 930 g/mol. The molecule has 6 nitrogen and oxygen atoms in total. The SMILES string of the molecule is CCCCCCCCCCCCCC/C=C/C(O)C(CO)NC(=O)CCCCCCCCCC/C=C\CCCCCCCCCCCCCCOC(=O)CCCCCCCCCCCCC. The fraction of sp³-hybridized carbons (Fsp3) is 0.900. The van der Waals surface area contributed by atoms with Gasteiger partial charge in [-0.25, -0.2) is 0 Å². The number of hydrogen-bond donors (Lipinski definition) is 3. The van der Waals surface area contributed by atoms with Crippen LogP contribution in [0.25, 0.3) is 0 Å². The van der Waals surface area contributed by atoms with E-state index in [1.54, 1.807) is 6.08 Å². The minimum atomic E-state index is -0.846. The molecule has 1 amide bonds. The van der Waals surface area contributed by atoms with Crippen LogP contribution in [0.1, 0.15) is 322 Å². The highest BCUT2D eigenvalue weighted by Gasteiger charge is 2.18. The summed E-state index contributed by atoms with van der Waals surface area (Å²) in [4.78, 5) is 24.4. The molecule has 0 aromatic carbocycles. The van der Waals surface area contributed by atoms with Gasteiger partial charge in [0, 0.05) is 12.8 Å². The Balaban J connectivity index is 3.42. The number of rotatable bonds is 55. The number of ether oxygens (including phenoxy) is 1. The molecule has 0 aromatic rings. The third-order valence-corrected chi connectivity index (χ3v) is 13.7. The number of aliphatic hydroxyl groups is 2. The van der Waals surface area contributed by atoms with Gasteiger partial charge in [-0.3, -0.25) is 9.59 Å². The van der Waals surface area contributed by atoms with Gasteiger partial charge in [0.15, 0.2) is 0 Å². The van der Waals surface area contributed by atoms with E-state index in [9.17, 15) is 19.8 Å². The van der Waals surface area contributed by atoms with E-state index in [0.717, 1.165) is 38.5 Å². The van der Waals surface area contributed by atoms with Gasteiger partial charge >= 0.3 is 5.97 Å². The summed E-state index contributed by atoms with van der Waals surface area (Å²) < 4.78 is 5.46. The van der Waals surface area contributed by atoms with Crippen LogP contribution in [-0.4, -0.2) is 47.4 Å². The van der Waals surface area contributed by atoms with Crippen molar-refractivity contribution in [3.8, 4) is 0 Å². The second-order valence-electron chi connectivity index (χ2n) is 20.3. The molecule has 66 heavy (non-hydrogen) atoms.